The second-order valence-electron chi connectivity index (χ2n) is 5.88. The molecule has 0 radical (unpaired) electrons. The van der Waals surface area contributed by atoms with Crippen LogP contribution in [0.1, 0.15) is 29.5 Å². The molecule has 1 N–H and O–H groups in total. The summed E-state index contributed by atoms with van der Waals surface area (Å²) < 4.78 is 5.32. The third kappa shape index (κ3) is 3.21. The molecule has 3 rings (SSSR count). The van der Waals surface area contributed by atoms with Crippen molar-refractivity contribution in [1.82, 2.24) is 0 Å². The van der Waals surface area contributed by atoms with E-state index in [2.05, 4.69) is 54.7 Å². The third-order valence-corrected chi connectivity index (χ3v) is 4.38. The van der Waals surface area contributed by atoms with Gasteiger partial charge in [-0.2, -0.15) is 0 Å². The molecule has 1 unspecified atom stereocenters. The topological polar surface area (TPSA) is 21.3 Å². The van der Waals surface area contributed by atoms with Crippen molar-refractivity contribution in [3.63, 3.8) is 0 Å². The van der Waals surface area contributed by atoms with Gasteiger partial charge in [-0.3, -0.25) is 0 Å². The van der Waals surface area contributed by atoms with E-state index in [9.17, 15) is 0 Å². The molecule has 110 valence electrons. The van der Waals surface area contributed by atoms with Crippen molar-refractivity contribution < 1.29 is 4.74 Å². The Morgan fingerprint density at radius 1 is 1.19 bits per heavy atom. The highest BCUT2D eigenvalue weighted by Crippen LogP contribution is 2.26. The molecule has 1 atom stereocenters. The van der Waals surface area contributed by atoms with E-state index in [1.807, 2.05) is 0 Å². The Hall–Kier alpha value is -1.96. The second-order valence-corrected chi connectivity index (χ2v) is 5.88. The highest BCUT2D eigenvalue weighted by Gasteiger charge is 2.16. The van der Waals surface area contributed by atoms with E-state index >= 15 is 0 Å². The fourth-order valence-corrected chi connectivity index (χ4v) is 3.15. The van der Waals surface area contributed by atoms with E-state index in [1.165, 1.54) is 41.6 Å². The van der Waals surface area contributed by atoms with E-state index < -0.39 is 0 Å². The predicted octanol–water partition coefficient (Wildman–Crippen LogP) is 4.36. The Morgan fingerprint density at radius 3 is 2.86 bits per heavy atom. The molecule has 2 heteroatoms. The van der Waals surface area contributed by atoms with Gasteiger partial charge in [0, 0.05) is 11.7 Å². The lowest BCUT2D eigenvalue weighted by Crippen LogP contribution is -2.25. The highest BCUT2D eigenvalue weighted by molar-refractivity contribution is 5.53. The van der Waals surface area contributed by atoms with Crippen LogP contribution in [0.25, 0.3) is 0 Å². The number of hydrogen-bond donors (Lipinski definition) is 1. The lowest BCUT2D eigenvalue weighted by Gasteiger charge is -2.27. The molecular weight excluding hydrogens is 258 g/mol. The zero-order valence-corrected chi connectivity index (χ0v) is 12.9. The zero-order valence-electron chi connectivity index (χ0n) is 12.9. The molecule has 0 aliphatic carbocycles. The number of rotatable bonds is 4. The van der Waals surface area contributed by atoms with E-state index in [-0.39, 0.29) is 0 Å². The average Bonchev–Trinajstić information content (AvgIpc) is 2.53. The van der Waals surface area contributed by atoms with Gasteiger partial charge < -0.3 is 10.1 Å². The molecule has 1 aliphatic heterocycles. The Morgan fingerprint density at radius 2 is 2.05 bits per heavy atom. The molecule has 21 heavy (non-hydrogen) atoms. The van der Waals surface area contributed by atoms with Gasteiger partial charge in [0.15, 0.2) is 0 Å². The maximum Gasteiger partial charge on any atom is 0.121 e. The zero-order chi connectivity index (χ0) is 14.7. The van der Waals surface area contributed by atoms with Gasteiger partial charge in [-0.05, 0) is 61.4 Å². The number of nitrogens with one attached hydrogen (secondary N) is 1. The molecule has 0 fully saturated rings. The van der Waals surface area contributed by atoms with Gasteiger partial charge in [0.1, 0.15) is 5.75 Å². The molecule has 2 aromatic rings. The Labute approximate surface area is 127 Å². The summed E-state index contributed by atoms with van der Waals surface area (Å²) in [5.41, 5.74) is 5.39. The molecule has 0 aromatic heterocycles. The first-order chi connectivity index (χ1) is 10.3. The van der Waals surface area contributed by atoms with Crippen molar-refractivity contribution >= 4 is 5.69 Å². The van der Waals surface area contributed by atoms with Gasteiger partial charge in [-0.15, -0.1) is 0 Å². The Kier molecular flexibility index (Phi) is 4.14. The summed E-state index contributed by atoms with van der Waals surface area (Å²) >= 11 is 0. The first-order valence-electron chi connectivity index (χ1n) is 7.74. The van der Waals surface area contributed by atoms with Crippen molar-refractivity contribution in [3.8, 4) is 5.75 Å². The lowest BCUT2D eigenvalue weighted by molar-refractivity contribution is 0.411. The maximum absolute atomic E-state index is 5.32. The van der Waals surface area contributed by atoms with Crippen LogP contribution in [0.3, 0.4) is 0 Å². The number of methoxy groups -OCH3 is 1. The van der Waals surface area contributed by atoms with Gasteiger partial charge in [0.25, 0.3) is 0 Å². The molecule has 0 saturated carbocycles. The molecule has 1 aliphatic rings. The summed E-state index contributed by atoms with van der Waals surface area (Å²) in [6.45, 7) is 2.11. The minimum Gasteiger partial charge on any atom is -0.496 e. The van der Waals surface area contributed by atoms with Crippen molar-refractivity contribution in [2.75, 3.05) is 12.4 Å². The second kappa shape index (κ2) is 6.21. The monoisotopic (exact) mass is 281 g/mol. The molecule has 2 nitrogen and oxygen atoms in total. The van der Waals surface area contributed by atoms with Gasteiger partial charge >= 0.3 is 0 Å². The van der Waals surface area contributed by atoms with Crippen LogP contribution in [-0.4, -0.2) is 13.2 Å². The fourth-order valence-electron chi connectivity index (χ4n) is 3.15. The Balaban J connectivity index is 1.60. The number of aryl methyl sites for hydroxylation is 3. The van der Waals surface area contributed by atoms with Crippen molar-refractivity contribution in [3.05, 3.63) is 59.2 Å². The molecule has 0 spiro atoms. The van der Waals surface area contributed by atoms with Crippen molar-refractivity contribution in [2.24, 2.45) is 0 Å². The SMILES string of the molecule is COc1ccc(CCC2CCc3ccccc3N2)cc1C. The minimum absolute atomic E-state index is 0.585. The van der Waals surface area contributed by atoms with E-state index in [4.69, 9.17) is 4.74 Å². The summed E-state index contributed by atoms with van der Waals surface area (Å²) in [5.74, 6) is 0.975. The summed E-state index contributed by atoms with van der Waals surface area (Å²) in [6.07, 6.45) is 4.71. The van der Waals surface area contributed by atoms with Gasteiger partial charge in [-0.1, -0.05) is 30.3 Å². The number of benzene rings is 2. The molecule has 1 heterocycles. The first-order valence-corrected chi connectivity index (χ1v) is 7.74. The smallest absolute Gasteiger partial charge is 0.121 e. The normalized spacial score (nSPS) is 17.0. The summed E-state index contributed by atoms with van der Waals surface area (Å²) in [5, 5.41) is 3.68. The fraction of sp³-hybridized carbons (Fsp3) is 0.368. The van der Waals surface area contributed by atoms with E-state index in [0.29, 0.717) is 6.04 Å². The van der Waals surface area contributed by atoms with Gasteiger partial charge in [-0.25, -0.2) is 0 Å². The summed E-state index contributed by atoms with van der Waals surface area (Å²) in [6, 6.07) is 15.8. The van der Waals surface area contributed by atoms with Crippen LogP contribution >= 0.6 is 0 Å². The largest absolute Gasteiger partial charge is 0.496 e. The number of hydrogen-bond acceptors (Lipinski definition) is 2. The van der Waals surface area contributed by atoms with E-state index in [0.717, 1.165) is 12.2 Å². The number of fused-ring (bicyclic) bond motifs is 1. The standard InChI is InChI=1S/C19H23NO/c1-14-13-15(8-12-19(14)21-2)7-10-17-11-9-16-5-3-4-6-18(16)20-17/h3-6,8,12-13,17,20H,7,9-11H2,1-2H3. The van der Waals surface area contributed by atoms with Crippen LogP contribution in [0.15, 0.2) is 42.5 Å². The molecule has 0 amide bonds. The molecule has 0 saturated heterocycles. The van der Waals surface area contributed by atoms with Crippen molar-refractivity contribution in [2.45, 2.75) is 38.6 Å². The minimum atomic E-state index is 0.585. The first kappa shape index (κ1) is 14.0. The van der Waals surface area contributed by atoms with Crippen LogP contribution < -0.4 is 10.1 Å². The Bertz CT molecular complexity index is 621. The maximum atomic E-state index is 5.32. The quantitative estimate of drug-likeness (QED) is 0.899. The number of para-hydroxylation sites is 1. The summed E-state index contributed by atoms with van der Waals surface area (Å²) in [7, 11) is 1.73. The molecule has 2 aromatic carbocycles. The highest BCUT2D eigenvalue weighted by atomic mass is 16.5. The van der Waals surface area contributed by atoms with Crippen LogP contribution in [0.4, 0.5) is 5.69 Å². The third-order valence-electron chi connectivity index (χ3n) is 4.38. The van der Waals surface area contributed by atoms with Gasteiger partial charge in [0.2, 0.25) is 0 Å². The van der Waals surface area contributed by atoms with Crippen LogP contribution in [0.2, 0.25) is 0 Å². The number of ether oxygens (including phenoxy) is 1. The van der Waals surface area contributed by atoms with E-state index in [1.54, 1.807) is 7.11 Å². The average molecular weight is 281 g/mol. The van der Waals surface area contributed by atoms with Crippen LogP contribution in [0, 0.1) is 6.92 Å². The summed E-state index contributed by atoms with van der Waals surface area (Å²) in [4.78, 5) is 0. The van der Waals surface area contributed by atoms with Crippen LogP contribution in [0.5, 0.6) is 5.75 Å². The lowest BCUT2D eigenvalue weighted by atomic mass is 9.94. The number of anilines is 1. The van der Waals surface area contributed by atoms with Crippen LogP contribution in [-0.2, 0) is 12.8 Å². The molecular formula is C19H23NO. The molecule has 0 bridgehead atoms. The predicted molar refractivity (Wildman–Crippen MR) is 88.2 cm³/mol. The van der Waals surface area contributed by atoms with Crippen molar-refractivity contribution in [1.29, 1.82) is 0 Å². The van der Waals surface area contributed by atoms with Gasteiger partial charge in [0.05, 0.1) is 7.11 Å².